The van der Waals surface area contributed by atoms with Crippen LogP contribution in [0.25, 0.3) is 0 Å². The van der Waals surface area contributed by atoms with Crippen LogP contribution in [0.15, 0.2) is 17.5 Å². The molecule has 0 saturated carbocycles. The van der Waals surface area contributed by atoms with Crippen LogP contribution in [0, 0.1) is 0 Å². The lowest BCUT2D eigenvalue weighted by molar-refractivity contribution is -0.156. The molecular formula is C15H17N3O5S2. The van der Waals surface area contributed by atoms with Gasteiger partial charge in [0.1, 0.15) is 6.04 Å². The van der Waals surface area contributed by atoms with Gasteiger partial charge in [-0.1, -0.05) is 6.07 Å². The van der Waals surface area contributed by atoms with E-state index in [9.17, 15) is 19.2 Å². The van der Waals surface area contributed by atoms with Gasteiger partial charge in [0.25, 0.3) is 11.8 Å². The van der Waals surface area contributed by atoms with Gasteiger partial charge in [0.05, 0.1) is 9.75 Å². The molecule has 2 aliphatic heterocycles. The molecule has 10 heteroatoms. The quantitative estimate of drug-likeness (QED) is 0.580. The average Bonchev–Trinajstić information content (AvgIpc) is 3.29. The van der Waals surface area contributed by atoms with Gasteiger partial charge in [0.15, 0.2) is 6.61 Å². The standard InChI is InChI=1S/C15H17N3O5S2/c1-15-5-4-12(20)18(15)9(8-25-15)14(22)23-7-11(19)16-17-13(21)10-3-2-6-24-10/h2-3,6,9H,4-5,7-8H2,1H3,(H,16,19)(H,17,21)/t9-,15-/m1/s1. The first-order valence-corrected chi connectivity index (χ1v) is 9.53. The van der Waals surface area contributed by atoms with Crippen molar-refractivity contribution in [1.82, 2.24) is 15.8 Å². The molecule has 3 amide bonds. The maximum Gasteiger partial charge on any atom is 0.330 e. The van der Waals surface area contributed by atoms with Gasteiger partial charge < -0.3 is 9.64 Å². The second-order valence-corrected chi connectivity index (χ2v) is 8.30. The van der Waals surface area contributed by atoms with E-state index >= 15 is 0 Å². The summed E-state index contributed by atoms with van der Waals surface area (Å²) in [5, 5.41) is 1.74. The van der Waals surface area contributed by atoms with Crippen LogP contribution in [0.5, 0.6) is 0 Å². The molecule has 2 fully saturated rings. The molecule has 2 aliphatic rings. The van der Waals surface area contributed by atoms with Crippen LogP contribution in [-0.4, -0.2) is 51.9 Å². The van der Waals surface area contributed by atoms with Crippen molar-refractivity contribution < 1.29 is 23.9 Å². The molecule has 2 N–H and O–H groups in total. The predicted molar refractivity (Wildman–Crippen MR) is 91.6 cm³/mol. The van der Waals surface area contributed by atoms with E-state index in [-0.39, 0.29) is 10.8 Å². The fraction of sp³-hybridized carbons (Fsp3) is 0.467. The number of amides is 3. The summed E-state index contributed by atoms with van der Waals surface area (Å²) in [5.74, 6) is -1.31. The highest BCUT2D eigenvalue weighted by Crippen LogP contribution is 2.47. The van der Waals surface area contributed by atoms with Crippen molar-refractivity contribution in [3.05, 3.63) is 22.4 Å². The lowest BCUT2D eigenvalue weighted by Crippen LogP contribution is -2.48. The fourth-order valence-electron chi connectivity index (χ4n) is 2.86. The number of nitrogens with one attached hydrogen (secondary N) is 2. The molecule has 2 atom stereocenters. The van der Waals surface area contributed by atoms with Crippen molar-refractivity contribution in [1.29, 1.82) is 0 Å². The van der Waals surface area contributed by atoms with E-state index in [1.54, 1.807) is 34.2 Å². The third-order valence-electron chi connectivity index (χ3n) is 4.12. The van der Waals surface area contributed by atoms with Gasteiger partial charge in [-0.2, -0.15) is 0 Å². The van der Waals surface area contributed by atoms with E-state index in [0.29, 0.717) is 23.5 Å². The second-order valence-electron chi connectivity index (χ2n) is 5.85. The third-order valence-corrected chi connectivity index (χ3v) is 6.50. The van der Waals surface area contributed by atoms with Crippen molar-refractivity contribution in [2.75, 3.05) is 12.4 Å². The molecule has 8 nitrogen and oxygen atoms in total. The van der Waals surface area contributed by atoms with Crippen molar-refractivity contribution in [3.8, 4) is 0 Å². The van der Waals surface area contributed by atoms with Gasteiger partial charge in [-0.25, -0.2) is 4.79 Å². The van der Waals surface area contributed by atoms with E-state index in [1.165, 1.54) is 11.3 Å². The van der Waals surface area contributed by atoms with E-state index < -0.39 is 30.4 Å². The molecule has 134 valence electrons. The highest BCUT2D eigenvalue weighted by molar-refractivity contribution is 8.01. The zero-order valence-corrected chi connectivity index (χ0v) is 15.1. The van der Waals surface area contributed by atoms with E-state index in [2.05, 4.69) is 10.9 Å². The first kappa shape index (κ1) is 17.7. The number of hydrazine groups is 1. The first-order chi connectivity index (χ1) is 11.9. The number of esters is 1. The summed E-state index contributed by atoms with van der Waals surface area (Å²) >= 11 is 2.79. The molecular weight excluding hydrogens is 366 g/mol. The minimum absolute atomic E-state index is 0.0675. The minimum atomic E-state index is -0.668. The largest absolute Gasteiger partial charge is 0.454 e. The van der Waals surface area contributed by atoms with E-state index in [0.717, 1.165) is 0 Å². The predicted octanol–water partition coefficient (Wildman–Crippen LogP) is 0.506. The lowest BCUT2D eigenvalue weighted by atomic mass is 10.2. The van der Waals surface area contributed by atoms with Crippen LogP contribution >= 0.6 is 23.1 Å². The number of nitrogens with zero attached hydrogens (tertiary/aromatic N) is 1. The van der Waals surface area contributed by atoms with Crippen LogP contribution in [0.1, 0.15) is 29.4 Å². The van der Waals surface area contributed by atoms with Crippen molar-refractivity contribution in [2.45, 2.75) is 30.7 Å². The average molecular weight is 383 g/mol. The number of ether oxygens (including phenoxy) is 1. The Bertz CT molecular complexity index is 708. The Morgan fingerprint density at radius 3 is 2.92 bits per heavy atom. The number of carbonyl (C=O) groups is 4. The second kappa shape index (κ2) is 7.04. The molecule has 3 rings (SSSR count). The number of hydrogen-bond acceptors (Lipinski definition) is 7. The van der Waals surface area contributed by atoms with Crippen LogP contribution in [0.2, 0.25) is 0 Å². The van der Waals surface area contributed by atoms with Crippen LogP contribution in [0.3, 0.4) is 0 Å². The summed E-state index contributed by atoms with van der Waals surface area (Å²) in [6, 6.07) is 2.67. The molecule has 0 radical (unpaired) electrons. The molecule has 2 saturated heterocycles. The summed E-state index contributed by atoms with van der Waals surface area (Å²) in [4.78, 5) is 49.2. The number of rotatable bonds is 4. The van der Waals surface area contributed by atoms with Gasteiger partial charge in [0.2, 0.25) is 5.91 Å². The van der Waals surface area contributed by atoms with Crippen LogP contribution < -0.4 is 10.9 Å². The van der Waals surface area contributed by atoms with Gasteiger partial charge in [-0.15, -0.1) is 23.1 Å². The highest BCUT2D eigenvalue weighted by atomic mass is 32.2. The summed E-state index contributed by atoms with van der Waals surface area (Å²) in [6.45, 7) is 1.41. The third kappa shape index (κ3) is 3.64. The molecule has 0 unspecified atom stereocenters. The zero-order chi connectivity index (χ0) is 18.0. The molecule has 3 heterocycles. The highest BCUT2D eigenvalue weighted by Gasteiger charge is 2.53. The zero-order valence-electron chi connectivity index (χ0n) is 13.4. The number of thioether (sulfide) groups is 1. The first-order valence-electron chi connectivity index (χ1n) is 7.66. The summed E-state index contributed by atoms with van der Waals surface area (Å²) in [5.41, 5.74) is 4.42. The Morgan fingerprint density at radius 2 is 2.20 bits per heavy atom. The Labute approximate surface area is 152 Å². The smallest absolute Gasteiger partial charge is 0.330 e. The van der Waals surface area contributed by atoms with Crippen molar-refractivity contribution in [3.63, 3.8) is 0 Å². The molecule has 0 bridgehead atoms. The van der Waals surface area contributed by atoms with Crippen molar-refractivity contribution >= 4 is 46.8 Å². The number of carbonyl (C=O) groups excluding carboxylic acids is 4. The van der Waals surface area contributed by atoms with Gasteiger partial charge in [-0.3, -0.25) is 25.2 Å². The Hall–Kier alpha value is -2.07. The van der Waals surface area contributed by atoms with Crippen LogP contribution in [0.4, 0.5) is 0 Å². The number of thiophene rings is 1. The molecule has 1 aromatic rings. The molecule has 0 aromatic carbocycles. The lowest BCUT2D eigenvalue weighted by Gasteiger charge is -2.29. The molecule has 0 spiro atoms. The monoisotopic (exact) mass is 383 g/mol. The fourth-order valence-corrected chi connectivity index (χ4v) is 4.90. The molecule has 25 heavy (non-hydrogen) atoms. The maximum atomic E-state index is 12.2. The minimum Gasteiger partial charge on any atom is -0.454 e. The number of fused-ring (bicyclic) bond motifs is 1. The van der Waals surface area contributed by atoms with E-state index in [1.807, 2.05) is 6.92 Å². The van der Waals surface area contributed by atoms with Gasteiger partial charge in [0, 0.05) is 12.2 Å². The summed E-state index contributed by atoms with van der Waals surface area (Å²) < 4.78 is 5.01. The topological polar surface area (TPSA) is 105 Å². The summed E-state index contributed by atoms with van der Waals surface area (Å²) in [6.07, 6.45) is 1.12. The van der Waals surface area contributed by atoms with Gasteiger partial charge >= 0.3 is 5.97 Å². The Kier molecular flexibility index (Phi) is 5.00. The summed E-state index contributed by atoms with van der Waals surface area (Å²) in [7, 11) is 0. The normalized spacial score (nSPS) is 24.8. The molecule has 0 aliphatic carbocycles. The molecule has 1 aromatic heterocycles. The Morgan fingerprint density at radius 1 is 1.40 bits per heavy atom. The number of hydrogen-bond donors (Lipinski definition) is 2. The van der Waals surface area contributed by atoms with Crippen LogP contribution in [-0.2, 0) is 19.1 Å². The SMILES string of the molecule is C[C@@]12CCC(=O)N1[C@@H](C(=O)OCC(=O)NNC(=O)c1cccs1)CS2. The van der Waals surface area contributed by atoms with E-state index in [4.69, 9.17) is 4.74 Å². The van der Waals surface area contributed by atoms with Crippen molar-refractivity contribution in [2.24, 2.45) is 0 Å². The maximum absolute atomic E-state index is 12.2. The Balaban J connectivity index is 1.45. The van der Waals surface area contributed by atoms with Gasteiger partial charge in [-0.05, 0) is 24.8 Å².